The Labute approximate surface area is 131 Å². The van der Waals surface area contributed by atoms with E-state index in [2.05, 4.69) is 0 Å². The predicted octanol–water partition coefficient (Wildman–Crippen LogP) is 5.09. The summed E-state index contributed by atoms with van der Waals surface area (Å²) in [5, 5.41) is 0. The number of rotatable bonds is 6. The molecule has 0 aromatic heterocycles. The lowest BCUT2D eigenvalue weighted by atomic mass is 10.2. The zero-order chi connectivity index (χ0) is 15.5. The summed E-state index contributed by atoms with van der Waals surface area (Å²) < 4.78 is 0. The second-order valence-corrected chi connectivity index (χ2v) is 4.66. The Hall–Kier alpha value is -2.93. The Bertz CT molecular complexity index is 628. The van der Waals surface area contributed by atoms with Crippen molar-refractivity contribution in [1.29, 1.82) is 0 Å². The van der Waals surface area contributed by atoms with Crippen LogP contribution in [0, 0.1) is 0 Å². The number of hydrogen-bond donors (Lipinski definition) is 0. The van der Waals surface area contributed by atoms with E-state index in [0.717, 1.165) is 11.1 Å². The van der Waals surface area contributed by atoms with Crippen molar-refractivity contribution < 1.29 is 4.79 Å². The molecule has 0 radical (unpaired) electrons. The van der Waals surface area contributed by atoms with Crippen LogP contribution in [0.15, 0.2) is 97.1 Å². The van der Waals surface area contributed by atoms with Crippen molar-refractivity contribution in [1.82, 2.24) is 0 Å². The van der Waals surface area contributed by atoms with Gasteiger partial charge in [-0.1, -0.05) is 97.1 Å². The SMILES string of the molecule is O=C(/C=C/C=C/c1ccccc1)/C=C/C=C/c1ccccc1. The maximum Gasteiger partial charge on any atom is 0.178 e. The molecule has 22 heavy (non-hydrogen) atoms. The van der Waals surface area contributed by atoms with Gasteiger partial charge < -0.3 is 0 Å². The van der Waals surface area contributed by atoms with Crippen LogP contribution in [0.1, 0.15) is 11.1 Å². The molecule has 0 aliphatic carbocycles. The average molecular weight is 286 g/mol. The van der Waals surface area contributed by atoms with Crippen LogP contribution in [0.2, 0.25) is 0 Å². The zero-order valence-electron chi connectivity index (χ0n) is 12.3. The van der Waals surface area contributed by atoms with Crippen molar-refractivity contribution in [2.45, 2.75) is 0 Å². The molecular weight excluding hydrogens is 268 g/mol. The van der Waals surface area contributed by atoms with E-state index in [1.54, 1.807) is 24.3 Å². The third-order valence-corrected chi connectivity index (χ3v) is 2.92. The molecule has 0 amide bonds. The number of carbonyl (C=O) groups is 1. The number of allylic oxidation sites excluding steroid dienone is 6. The van der Waals surface area contributed by atoms with Gasteiger partial charge in [0.25, 0.3) is 0 Å². The van der Waals surface area contributed by atoms with E-state index in [1.807, 2.05) is 85.0 Å². The van der Waals surface area contributed by atoms with Crippen LogP contribution in [0.3, 0.4) is 0 Å². The molecule has 0 atom stereocenters. The second kappa shape index (κ2) is 9.09. The highest BCUT2D eigenvalue weighted by Gasteiger charge is 1.86. The van der Waals surface area contributed by atoms with E-state index in [4.69, 9.17) is 0 Å². The predicted molar refractivity (Wildman–Crippen MR) is 94.2 cm³/mol. The second-order valence-electron chi connectivity index (χ2n) is 4.66. The molecule has 1 nitrogen and oxygen atoms in total. The Morgan fingerprint density at radius 2 is 1.00 bits per heavy atom. The molecule has 2 aromatic rings. The summed E-state index contributed by atoms with van der Waals surface area (Å²) in [6.45, 7) is 0. The van der Waals surface area contributed by atoms with Crippen LogP contribution in [0.25, 0.3) is 12.2 Å². The van der Waals surface area contributed by atoms with Crippen molar-refractivity contribution in [2.75, 3.05) is 0 Å². The van der Waals surface area contributed by atoms with Crippen LogP contribution in [0.5, 0.6) is 0 Å². The molecule has 0 bridgehead atoms. The number of hydrogen-bond acceptors (Lipinski definition) is 1. The molecule has 2 rings (SSSR count). The molecule has 0 unspecified atom stereocenters. The van der Waals surface area contributed by atoms with Crippen molar-refractivity contribution >= 4 is 17.9 Å². The summed E-state index contributed by atoms with van der Waals surface area (Å²) >= 11 is 0. The minimum Gasteiger partial charge on any atom is -0.290 e. The van der Waals surface area contributed by atoms with Gasteiger partial charge in [-0.15, -0.1) is 0 Å². The minimum absolute atomic E-state index is 0.0320. The third-order valence-electron chi connectivity index (χ3n) is 2.92. The molecule has 0 saturated heterocycles. The van der Waals surface area contributed by atoms with Gasteiger partial charge in [-0.2, -0.15) is 0 Å². The van der Waals surface area contributed by atoms with Crippen LogP contribution in [-0.2, 0) is 4.79 Å². The first-order valence-electron chi connectivity index (χ1n) is 7.18. The average Bonchev–Trinajstić information content (AvgIpc) is 2.57. The van der Waals surface area contributed by atoms with E-state index < -0.39 is 0 Å². The first kappa shape index (κ1) is 15.5. The molecule has 0 aliphatic heterocycles. The van der Waals surface area contributed by atoms with Gasteiger partial charge >= 0.3 is 0 Å². The molecule has 108 valence electrons. The van der Waals surface area contributed by atoms with Gasteiger partial charge in [-0.3, -0.25) is 4.79 Å². The highest BCUT2D eigenvalue weighted by molar-refractivity contribution is 5.99. The normalized spacial score (nSPS) is 12.0. The molecule has 1 heteroatoms. The monoisotopic (exact) mass is 286 g/mol. The fourth-order valence-electron chi connectivity index (χ4n) is 1.82. The van der Waals surface area contributed by atoms with Gasteiger partial charge in [0.2, 0.25) is 0 Å². The molecule has 0 saturated carbocycles. The Kier molecular flexibility index (Phi) is 6.39. The fourth-order valence-corrected chi connectivity index (χ4v) is 1.82. The van der Waals surface area contributed by atoms with Crippen LogP contribution in [-0.4, -0.2) is 5.78 Å². The largest absolute Gasteiger partial charge is 0.290 e. The Balaban J connectivity index is 1.80. The molecule has 0 fully saturated rings. The van der Waals surface area contributed by atoms with Crippen molar-refractivity contribution in [3.63, 3.8) is 0 Å². The first-order valence-corrected chi connectivity index (χ1v) is 7.18. The third kappa shape index (κ3) is 6.02. The molecule has 0 heterocycles. The number of ketones is 1. The molecule has 0 spiro atoms. The van der Waals surface area contributed by atoms with Crippen molar-refractivity contribution in [3.05, 3.63) is 108 Å². The first-order chi connectivity index (χ1) is 10.8. The van der Waals surface area contributed by atoms with E-state index in [9.17, 15) is 4.79 Å². The maximum absolute atomic E-state index is 11.6. The highest BCUT2D eigenvalue weighted by Crippen LogP contribution is 2.02. The van der Waals surface area contributed by atoms with Gasteiger partial charge in [0, 0.05) is 0 Å². The lowest BCUT2D eigenvalue weighted by Crippen LogP contribution is -1.82. The van der Waals surface area contributed by atoms with Crippen LogP contribution in [0.4, 0.5) is 0 Å². The van der Waals surface area contributed by atoms with E-state index in [0.29, 0.717) is 0 Å². The van der Waals surface area contributed by atoms with Crippen molar-refractivity contribution in [2.24, 2.45) is 0 Å². The van der Waals surface area contributed by atoms with E-state index in [-0.39, 0.29) is 5.78 Å². The van der Waals surface area contributed by atoms with Gasteiger partial charge in [0.05, 0.1) is 0 Å². The van der Waals surface area contributed by atoms with Gasteiger partial charge in [0.15, 0.2) is 5.78 Å². The van der Waals surface area contributed by atoms with Gasteiger partial charge in [-0.05, 0) is 23.3 Å². The van der Waals surface area contributed by atoms with Crippen LogP contribution >= 0.6 is 0 Å². The zero-order valence-corrected chi connectivity index (χ0v) is 12.3. The lowest BCUT2D eigenvalue weighted by molar-refractivity contribution is -0.110. The Morgan fingerprint density at radius 3 is 1.41 bits per heavy atom. The van der Waals surface area contributed by atoms with Gasteiger partial charge in [0.1, 0.15) is 0 Å². The van der Waals surface area contributed by atoms with Crippen LogP contribution < -0.4 is 0 Å². The quantitative estimate of drug-likeness (QED) is 0.533. The fraction of sp³-hybridized carbons (Fsp3) is 0. The minimum atomic E-state index is -0.0320. The summed E-state index contributed by atoms with van der Waals surface area (Å²) in [6, 6.07) is 19.9. The van der Waals surface area contributed by atoms with Crippen molar-refractivity contribution in [3.8, 4) is 0 Å². The maximum atomic E-state index is 11.6. The highest BCUT2D eigenvalue weighted by atomic mass is 16.1. The standard InChI is InChI=1S/C21H18O/c22-21(17-9-7-15-19-11-3-1-4-12-19)18-10-8-16-20-13-5-2-6-14-20/h1-18H/b15-7+,16-8+,17-9+,18-10+. The van der Waals surface area contributed by atoms with E-state index in [1.165, 1.54) is 0 Å². The van der Waals surface area contributed by atoms with E-state index >= 15 is 0 Å². The summed E-state index contributed by atoms with van der Waals surface area (Å²) in [4.78, 5) is 11.6. The topological polar surface area (TPSA) is 17.1 Å². The summed E-state index contributed by atoms with van der Waals surface area (Å²) in [5.41, 5.74) is 2.22. The summed E-state index contributed by atoms with van der Waals surface area (Å²) in [5.74, 6) is -0.0320. The molecular formula is C21H18O. The summed E-state index contributed by atoms with van der Waals surface area (Å²) in [7, 11) is 0. The molecule has 0 aliphatic rings. The molecule has 0 N–H and O–H groups in total. The number of carbonyl (C=O) groups excluding carboxylic acids is 1. The number of benzene rings is 2. The Morgan fingerprint density at radius 1 is 0.591 bits per heavy atom. The van der Waals surface area contributed by atoms with Gasteiger partial charge in [-0.25, -0.2) is 0 Å². The lowest BCUT2D eigenvalue weighted by Gasteiger charge is -1.88. The molecule has 2 aromatic carbocycles. The summed E-state index contributed by atoms with van der Waals surface area (Å²) in [6.07, 6.45) is 14.2. The smallest absolute Gasteiger partial charge is 0.178 e.